The summed E-state index contributed by atoms with van der Waals surface area (Å²) < 4.78 is 14.1. The third kappa shape index (κ3) is 4.27. The summed E-state index contributed by atoms with van der Waals surface area (Å²) in [4.78, 5) is 27.6. The van der Waals surface area contributed by atoms with Gasteiger partial charge in [0.1, 0.15) is 5.75 Å². The molecule has 0 radical (unpaired) electrons. The van der Waals surface area contributed by atoms with Crippen LogP contribution in [-0.4, -0.2) is 58.9 Å². The number of methoxy groups -OCH3 is 1. The highest BCUT2D eigenvalue weighted by Gasteiger charge is 2.66. The quantitative estimate of drug-likeness (QED) is 0.437. The predicted molar refractivity (Wildman–Crippen MR) is 141 cm³/mol. The lowest BCUT2D eigenvalue weighted by Gasteiger charge is -2.32. The standard InChI is InChI=1S/C27H34N4O5Si/c1-18-25(37(3,4)34)24(12-14-30-17-19(13-15-32)28-29-30)36-27(18)22-16-21(35-2)10-11-23(22)31(26(27)33)20-8-6-5-7-9-20/h5-11,16-18,24-25,32,34H,12-15H2,1-4H3/t18-,24+,25-,27+/m1/s1. The minimum atomic E-state index is -2.77. The Morgan fingerprint density at radius 3 is 2.62 bits per heavy atom. The topological polar surface area (TPSA) is 110 Å². The summed E-state index contributed by atoms with van der Waals surface area (Å²) in [6.45, 7) is 6.40. The second-order valence-electron chi connectivity index (χ2n) is 10.5. The molecule has 0 bridgehead atoms. The molecule has 1 amide bonds. The van der Waals surface area contributed by atoms with Gasteiger partial charge in [-0.05, 0) is 49.8 Å². The van der Waals surface area contributed by atoms with E-state index in [1.54, 1.807) is 16.7 Å². The SMILES string of the molecule is COc1ccc2c(c1)[C@]1(O[C@@H](CCn3cc(CCO)nn3)[C@H]([Si](C)(C)O)[C@H]1C)C(=O)N2c1ccccc1. The predicted octanol–water partition coefficient (Wildman–Crippen LogP) is 3.39. The van der Waals surface area contributed by atoms with Gasteiger partial charge in [-0.2, -0.15) is 0 Å². The first-order valence-corrected chi connectivity index (χ1v) is 15.7. The monoisotopic (exact) mass is 522 g/mol. The van der Waals surface area contributed by atoms with Crippen LogP contribution in [-0.2, 0) is 28.1 Å². The molecular weight excluding hydrogens is 488 g/mol. The van der Waals surface area contributed by atoms with Gasteiger partial charge in [0.25, 0.3) is 5.91 Å². The lowest BCUT2D eigenvalue weighted by Crippen LogP contribution is -2.45. The van der Waals surface area contributed by atoms with E-state index in [1.807, 2.05) is 74.7 Å². The molecule has 1 saturated heterocycles. The zero-order valence-electron chi connectivity index (χ0n) is 21.7. The second kappa shape index (κ2) is 9.68. The van der Waals surface area contributed by atoms with Crippen molar-refractivity contribution in [2.45, 2.75) is 56.7 Å². The average Bonchev–Trinajstić information content (AvgIpc) is 3.52. The lowest BCUT2D eigenvalue weighted by atomic mass is 9.82. The molecule has 196 valence electrons. The van der Waals surface area contributed by atoms with Crippen molar-refractivity contribution >= 4 is 25.6 Å². The van der Waals surface area contributed by atoms with Gasteiger partial charge in [0.15, 0.2) is 13.9 Å². The Kier molecular flexibility index (Phi) is 6.69. The fraction of sp³-hybridized carbons (Fsp3) is 0.444. The Morgan fingerprint density at radius 1 is 1.19 bits per heavy atom. The Hall–Kier alpha value is -3.05. The molecule has 10 heteroatoms. The molecule has 37 heavy (non-hydrogen) atoms. The molecule has 2 aliphatic rings. The molecular formula is C27H34N4O5Si. The van der Waals surface area contributed by atoms with Gasteiger partial charge in [-0.15, -0.1) is 5.10 Å². The van der Waals surface area contributed by atoms with Crippen molar-refractivity contribution < 1.29 is 24.2 Å². The minimum absolute atomic E-state index is 0.0136. The zero-order chi connectivity index (χ0) is 26.4. The van der Waals surface area contributed by atoms with Crippen molar-refractivity contribution in [3.05, 3.63) is 66.0 Å². The van der Waals surface area contributed by atoms with E-state index < -0.39 is 13.9 Å². The van der Waals surface area contributed by atoms with Crippen molar-refractivity contribution in [2.24, 2.45) is 5.92 Å². The number of rotatable bonds is 8. The largest absolute Gasteiger partial charge is 0.497 e. The summed E-state index contributed by atoms with van der Waals surface area (Å²) in [5, 5.41) is 17.5. The number of aliphatic hydroxyl groups excluding tert-OH is 1. The molecule has 0 aliphatic carbocycles. The van der Waals surface area contributed by atoms with Crippen molar-refractivity contribution in [3.8, 4) is 5.75 Å². The van der Waals surface area contributed by atoms with E-state index in [0.29, 0.717) is 25.1 Å². The molecule has 5 rings (SSSR count). The highest BCUT2D eigenvalue weighted by Crippen LogP contribution is 2.61. The lowest BCUT2D eigenvalue weighted by molar-refractivity contribution is -0.145. The molecule has 2 aliphatic heterocycles. The van der Waals surface area contributed by atoms with Crippen LogP contribution in [0.2, 0.25) is 18.6 Å². The molecule has 3 heterocycles. The molecule has 2 aromatic carbocycles. The summed E-state index contributed by atoms with van der Waals surface area (Å²) in [6, 6.07) is 15.2. The van der Waals surface area contributed by atoms with Crippen molar-refractivity contribution in [1.29, 1.82) is 0 Å². The van der Waals surface area contributed by atoms with Crippen LogP contribution in [0.15, 0.2) is 54.7 Å². The number of aliphatic hydroxyl groups is 1. The number of hydrogen-bond acceptors (Lipinski definition) is 7. The Morgan fingerprint density at radius 2 is 1.95 bits per heavy atom. The van der Waals surface area contributed by atoms with Crippen LogP contribution in [0.5, 0.6) is 5.75 Å². The van der Waals surface area contributed by atoms with Crippen LogP contribution in [0, 0.1) is 5.92 Å². The second-order valence-corrected chi connectivity index (χ2v) is 14.4. The third-order valence-corrected chi connectivity index (χ3v) is 10.2. The first kappa shape index (κ1) is 25.6. The number of ether oxygens (including phenoxy) is 2. The fourth-order valence-corrected chi connectivity index (χ4v) is 8.75. The summed E-state index contributed by atoms with van der Waals surface area (Å²) in [7, 11) is -1.16. The van der Waals surface area contributed by atoms with E-state index in [9.17, 15) is 14.7 Å². The van der Waals surface area contributed by atoms with Gasteiger partial charge in [0.05, 0.1) is 24.6 Å². The number of aromatic nitrogens is 3. The van der Waals surface area contributed by atoms with Gasteiger partial charge in [-0.3, -0.25) is 14.4 Å². The van der Waals surface area contributed by atoms with Crippen LogP contribution < -0.4 is 9.64 Å². The molecule has 0 saturated carbocycles. The van der Waals surface area contributed by atoms with E-state index in [4.69, 9.17) is 9.47 Å². The fourth-order valence-electron chi connectivity index (χ4n) is 6.15. The van der Waals surface area contributed by atoms with Gasteiger partial charge in [-0.1, -0.05) is 30.3 Å². The van der Waals surface area contributed by atoms with E-state index in [1.165, 1.54) is 0 Å². The Labute approximate surface area is 217 Å². The van der Waals surface area contributed by atoms with E-state index in [0.717, 1.165) is 22.6 Å². The first-order chi connectivity index (χ1) is 17.7. The summed E-state index contributed by atoms with van der Waals surface area (Å²) >= 11 is 0. The van der Waals surface area contributed by atoms with E-state index in [2.05, 4.69) is 10.3 Å². The van der Waals surface area contributed by atoms with Gasteiger partial charge >= 0.3 is 0 Å². The van der Waals surface area contributed by atoms with Crippen molar-refractivity contribution in [3.63, 3.8) is 0 Å². The number of carbonyl (C=O) groups is 1. The van der Waals surface area contributed by atoms with E-state index in [-0.39, 0.29) is 30.1 Å². The smallest absolute Gasteiger partial charge is 0.268 e. The molecule has 1 aromatic heterocycles. The maximum absolute atomic E-state index is 14.4. The van der Waals surface area contributed by atoms with Crippen LogP contribution >= 0.6 is 0 Å². The van der Waals surface area contributed by atoms with Crippen molar-refractivity contribution in [1.82, 2.24) is 15.0 Å². The number of benzene rings is 2. The molecule has 2 N–H and O–H groups in total. The molecule has 9 nitrogen and oxygen atoms in total. The van der Waals surface area contributed by atoms with Crippen LogP contribution in [0.4, 0.5) is 11.4 Å². The maximum Gasteiger partial charge on any atom is 0.268 e. The highest BCUT2D eigenvalue weighted by atomic mass is 28.4. The number of aryl methyl sites for hydroxylation is 1. The van der Waals surface area contributed by atoms with Crippen LogP contribution in [0.3, 0.4) is 0 Å². The minimum Gasteiger partial charge on any atom is -0.497 e. The summed E-state index contributed by atoms with van der Waals surface area (Å²) in [5.41, 5.74) is 1.60. The Balaban J connectivity index is 1.55. The maximum atomic E-state index is 14.4. The Bertz CT molecular complexity index is 1280. The van der Waals surface area contributed by atoms with Gasteiger partial charge in [0, 0.05) is 48.5 Å². The normalized spacial score (nSPS) is 25.2. The molecule has 3 aromatic rings. The average molecular weight is 523 g/mol. The molecule has 1 spiro atoms. The molecule has 4 atom stereocenters. The number of nitrogens with zero attached hydrogens (tertiary/aromatic N) is 4. The van der Waals surface area contributed by atoms with Crippen molar-refractivity contribution in [2.75, 3.05) is 18.6 Å². The van der Waals surface area contributed by atoms with Crippen LogP contribution in [0.1, 0.15) is 24.6 Å². The van der Waals surface area contributed by atoms with Gasteiger partial charge in [0.2, 0.25) is 0 Å². The van der Waals surface area contributed by atoms with Gasteiger partial charge in [-0.25, -0.2) is 0 Å². The highest BCUT2D eigenvalue weighted by molar-refractivity contribution is 6.71. The molecule has 1 fully saturated rings. The number of amides is 1. The number of carbonyl (C=O) groups excluding carboxylic acids is 1. The third-order valence-electron chi connectivity index (χ3n) is 7.71. The number of hydrogen-bond donors (Lipinski definition) is 2. The van der Waals surface area contributed by atoms with Crippen LogP contribution in [0.25, 0.3) is 0 Å². The van der Waals surface area contributed by atoms with Gasteiger partial charge < -0.3 is 19.4 Å². The number of fused-ring (bicyclic) bond motifs is 2. The summed E-state index contributed by atoms with van der Waals surface area (Å²) in [5.74, 6) is 0.235. The first-order valence-electron chi connectivity index (χ1n) is 12.7. The zero-order valence-corrected chi connectivity index (χ0v) is 22.7. The van der Waals surface area contributed by atoms with E-state index >= 15 is 0 Å². The molecule has 0 unspecified atom stereocenters. The summed E-state index contributed by atoms with van der Waals surface area (Å²) in [6.07, 6.45) is 2.47. The number of anilines is 2. The number of para-hydroxylation sites is 1.